The Morgan fingerprint density at radius 2 is 2.10 bits per heavy atom. The van der Waals surface area contributed by atoms with E-state index < -0.39 is 5.82 Å². The average molecular weight is 425 g/mol. The van der Waals surface area contributed by atoms with Gasteiger partial charge in [0.1, 0.15) is 11.6 Å². The molecule has 0 atom stereocenters. The van der Waals surface area contributed by atoms with E-state index in [2.05, 4.69) is 27.0 Å². The summed E-state index contributed by atoms with van der Waals surface area (Å²) in [7, 11) is 1.61. The number of aromatic nitrogens is 2. The number of benzene rings is 1. The van der Waals surface area contributed by atoms with E-state index >= 15 is 0 Å². The molecule has 3 heterocycles. The van der Waals surface area contributed by atoms with Crippen molar-refractivity contribution in [1.82, 2.24) is 19.6 Å². The van der Waals surface area contributed by atoms with Crippen molar-refractivity contribution >= 4 is 11.4 Å². The van der Waals surface area contributed by atoms with E-state index in [1.54, 1.807) is 18.1 Å². The smallest absolute Gasteiger partial charge is 0.254 e. The lowest BCUT2D eigenvalue weighted by molar-refractivity contribution is 0.0635. The maximum atomic E-state index is 14.3. The number of imidazole rings is 1. The number of fused-ring (bicyclic) bond motifs is 1. The SMILES string of the molecule is COCCN(C(=O)c1cc(F)ccc1-c1cc(C2CNC2)cn2c(C)ncc12)C(C)C. The van der Waals surface area contributed by atoms with Crippen molar-refractivity contribution in [3.05, 3.63) is 59.4 Å². The second kappa shape index (κ2) is 8.77. The number of hydrogen-bond acceptors (Lipinski definition) is 4. The van der Waals surface area contributed by atoms with Crippen LogP contribution in [0.25, 0.3) is 16.6 Å². The summed E-state index contributed by atoms with van der Waals surface area (Å²) < 4.78 is 21.6. The molecule has 0 unspecified atom stereocenters. The van der Waals surface area contributed by atoms with E-state index in [4.69, 9.17) is 4.74 Å². The minimum absolute atomic E-state index is 0.0385. The van der Waals surface area contributed by atoms with Gasteiger partial charge in [0.15, 0.2) is 0 Å². The second-order valence-electron chi connectivity index (χ2n) is 8.38. The van der Waals surface area contributed by atoms with Crippen LogP contribution in [-0.2, 0) is 4.74 Å². The molecule has 1 N–H and O–H groups in total. The van der Waals surface area contributed by atoms with Crippen LogP contribution in [0, 0.1) is 12.7 Å². The number of nitrogens with zero attached hydrogens (tertiary/aromatic N) is 3. The summed E-state index contributed by atoms with van der Waals surface area (Å²) in [6.45, 7) is 8.58. The molecule has 0 saturated carbocycles. The van der Waals surface area contributed by atoms with Gasteiger partial charge in [0.2, 0.25) is 0 Å². The first-order chi connectivity index (χ1) is 14.9. The molecule has 6 nitrogen and oxygen atoms in total. The van der Waals surface area contributed by atoms with Crippen LogP contribution < -0.4 is 5.32 Å². The molecule has 1 aliphatic rings. The highest BCUT2D eigenvalue weighted by atomic mass is 19.1. The zero-order valence-corrected chi connectivity index (χ0v) is 18.5. The minimum Gasteiger partial charge on any atom is -0.383 e. The molecule has 0 spiro atoms. The van der Waals surface area contributed by atoms with E-state index in [0.717, 1.165) is 30.0 Å². The number of rotatable bonds is 7. The zero-order valence-electron chi connectivity index (χ0n) is 18.5. The maximum absolute atomic E-state index is 14.3. The lowest BCUT2D eigenvalue weighted by atomic mass is 9.91. The van der Waals surface area contributed by atoms with Gasteiger partial charge in [0.05, 0.1) is 23.9 Å². The van der Waals surface area contributed by atoms with Crippen LogP contribution in [0.2, 0.25) is 0 Å². The molecule has 3 aromatic rings. The number of methoxy groups -OCH3 is 1. The van der Waals surface area contributed by atoms with Gasteiger partial charge in [-0.05, 0) is 50.1 Å². The topological polar surface area (TPSA) is 58.9 Å². The molecule has 2 aromatic heterocycles. The first-order valence-corrected chi connectivity index (χ1v) is 10.7. The number of ether oxygens (including phenoxy) is 1. The minimum atomic E-state index is -0.428. The monoisotopic (exact) mass is 424 g/mol. The van der Waals surface area contributed by atoms with Crippen molar-refractivity contribution in [1.29, 1.82) is 0 Å². The summed E-state index contributed by atoms with van der Waals surface area (Å²) in [5.74, 6) is 0.664. The van der Waals surface area contributed by atoms with E-state index in [1.165, 1.54) is 17.7 Å². The standard InChI is InChI=1S/C24H29FN4O2/c1-15(2)28(7-8-31-4)24(30)22-10-19(25)5-6-20(22)21-9-17(18-11-26-12-18)14-29-16(3)27-13-23(21)29/h5-6,9-10,13-15,18,26H,7-8,11-12H2,1-4H3. The number of pyridine rings is 1. The van der Waals surface area contributed by atoms with Gasteiger partial charge >= 0.3 is 0 Å². The Kier molecular flexibility index (Phi) is 6.07. The molecule has 1 aliphatic heterocycles. The molecule has 1 amide bonds. The number of hydrogen-bond donors (Lipinski definition) is 1. The van der Waals surface area contributed by atoms with Gasteiger partial charge in [-0.25, -0.2) is 9.37 Å². The Balaban J connectivity index is 1.87. The fourth-order valence-corrected chi connectivity index (χ4v) is 4.07. The predicted molar refractivity (Wildman–Crippen MR) is 119 cm³/mol. The highest BCUT2D eigenvalue weighted by Gasteiger charge is 2.26. The molecule has 0 aliphatic carbocycles. The molecule has 7 heteroatoms. The van der Waals surface area contributed by atoms with Crippen LogP contribution in [0.5, 0.6) is 0 Å². The molecule has 0 bridgehead atoms. The number of amides is 1. The van der Waals surface area contributed by atoms with Gasteiger partial charge in [-0.1, -0.05) is 6.07 Å². The average Bonchev–Trinajstić information content (AvgIpc) is 3.07. The van der Waals surface area contributed by atoms with Gasteiger partial charge in [0.25, 0.3) is 5.91 Å². The number of carbonyl (C=O) groups excluding carboxylic acids is 1. The van der Waals surface area contributed by atoms with E-state index in [0.29, 0.717) is 30.2 Å². The highest BCUT2D eigenvalue weighted by molar-refractivity contribution is 6.03. The Bertz CT molecular complexity index is 1100. The number of carbonyl (C=O) groups is 1. The van der Waals surface area contributed by atoms with Gasteiger partial charge in [-0.3, -0.25) is 4.79 Å². The van der Waals surface area contributed by atoms with Crippen LogP contribution in [0.3, 0.4) is 0 Å². The van der Waals surface area contributed by atoms with Gasteiger partial charge in [-0.15, -0.1) is 0 Å². The first kappa shape index (κ1) is 21.5. The molecule has 1 aromatic carbocycles. The van der Waals surface area contributed by atoms with Crippen molar-refractivity contribution in [3.63, 3.8) is 0 Å². The van der Waals surface area contributed by atoms with Crippen molar-refractivity contribution in [3.8, 4) is 11.1 Å². The van der Waals surface area contributed by atoms with Crippen LogP contribution in [0.15, 0.2) is 36.7 Å². The molecule has 4 rings (SSSR count). The summed E-state index contributed by atoms with van der Waals surface area (Å²) in [4.78, 5) is 19.7. The lowest BCUT2D eigenvalue weighted by Crippen LogP contribution is -2.40. The van der Waals surface area contributed by atoms with Gasteiger partial charge in [-0.2, -0.15) is 0 Å². The fourth-order valence-electron chi connectivity index (χ4n) is 4.07. The van der Waals surface area contributed by atoms with Crippen LogP contribution in [-0.4, -0.2) is 59.6 Å². The van der Waals surface area contributed by atoms with Gasteiger partial charge < -0.3 is 19.4 Å². The second-order valence-corrected chi connectivity index (χ2v) is 8.38. The molecule has 31 heavy (non-hydrogen) atoms. The summed E-state index contributed by atoms with van der Waals surface area (Å²) in [5.41, 5.74) is 4.05. The maximum Gasteiger partial charge on any atom is 0.254 e. The van der Waals surface area contributed by atoms with Crippen LogP contribution in [0.4, 0.5) is 4.39 Å². The Labute approximate surface area is 182 Å². The molecule has 1 fully saturated rings. The summed E-state index contributed by atoms with van der Waals surface area (Å²) in [6, 6.07) is 6.55. The van der Waals surface area contributed by atoms with E-state index in [1.807, 2.05) is 27.0 Å². The molecule has 164 valence electrons. The normalized spacial score (nSPS) is 14.3. The molecule has 1 saturated heterocycles. The summed E-state index contributed by atoms with van der Waals surface area (Å²) in [6.07, 6.45) is 3.94. The molecule has 0 radical (unpaired) electrons. The number of aryl methyl sites for hydroxylation is 1. The summed E-state index contributed by atoms with van der Waals surface area (Å²) >= 11 is 0. The third kappa shape index (κ3) is 4.07. The lowest BCUT2D eigenvalue weighted by Gasteiger charge is -2.29. The number of nitrogens with one attached hydrogen (secondary N) is 1. The van der Waals surface area contributed by atoms with Crippen molar-refractivity contribution in [2.75, 3.05) is 33.4 Å². The fraction of sp³-hybridized carbons (Fsp3) is 0.417. The van der Waals surface area contributed by atoms with Gasteiger partial charge in [0, 0.05) is 50.5 Å². The van der Waals surface area contributed by atoms with Crippen molar-refractivity contribution < 1.29 is 13.9 Å². The van der Waals surface area contributed by atoms with Crippen LogP contribution in [0.1, 0.15) is 41.5 Å². The molecular formula is C24H29FN4O2. The predicted octanol–water partition coefficient (Wildman–Crippen LogP) is 3.63. The Morgan fingerprint density at radius 3 is 2.74 bits per heavy atom. The van der Waals surface area contributed by atoms with Crippen molar-refractivity contribution in [2.45, 2.75) is 32.7 Å². The Hall–Kier alpha value is -2.77. The van der Waals surface area contributed by atoms with E-state index in [9.17, 15) is 9.18 Å². The number of halogens is 1. The van der Waals surface area contributed by atoms with E-state index in [-0.39, 0.29) is 11.9 Å². The summed E-state index contributed by atoms with van der Waals surface area (Å²) in [5, 5.41) is 3.31. The third-order valence-electron chi connectivity index (χ3n) is 6.02. The Morgan fingerprint density at radius 1 is 1.32 bits per heavy atom. The largest absolute Gasteiger partial charge is 0.383 e. The zero-order chi connectivity index (χ0) is 22.1. The molecular weight excluding hydrogens is 395 g/mol. The first-order valence-electron chi connectivity index (χ1n) is 10.7. The third-order valence-corrected chi connectivity index (χ3v) is 6.02. The van der Waals surface area contributed by atoms with Crippen LogP contribution >= 0.6 is 0 Å². The quantitative estimate of drug-likeness (QED) is 0.629. The van der Waals surface area contributed by atoms with Crippen molar-refractivity contribution in [2.24, 2.45) is 0 Å². The highest BCUT2D eigenvalue weighted by Crippen LogP contribution is 2.34.